The van der Waals surface area contributed by atoms with Crippen LogP contribution < -0.4 is 0 Å². The minimum Gasteiger partial charge on any atom is -0.309 e. The van der Waals surface area contributed by atoms with Crippen molar-refractivity contribution in [2.45, 2.75) is 13.8 Å². The van der Waals surface area contributed by atoms with Crippen LogP contribution in [0.5, 0.6) is 0 Å². The Balaban J connectivity index is 2.16. The predicted octanol–water partition coefficient (Wildman–Crippen LogP) is 8.02. The molecule has 0 fully saturated rings. The number of allylic oxidation sites excluding steroid dienone is 5. The van der Waals surface area contributed by atoms with Crippen molar-refractivity contribution in [3.63, 3.8) is 0 Å². The third-order valence-electron chi connectivity index (χ3n) is 5.51. The molecule has 0 aliphatic rings. The van der Waals surface area contributed by atoms with Gasteiger partial charge in [-0.05, 0) is 66.5 Å². The first kappa shape index (κ1) is 18.8. The van der Waals surface area contributed by atoms with E-state index in [0.29, 0.717) is 0 Å². The molecule has 0 amide bonds. The molecular weight excluding hydrogens is 350 g/mol. The number of hydrogen-bond donors (Lipinski definition) is 0. The monoisotopic (exact) mass is 375 g/mol. The van der Waals surface area contributed by atoms with Gasteiger partial charge < -0.3 is 4.57 Å². The zero-order chi connectivity index (χ0) is 20.5. The van der Waals surface area contributed by atoms with Gasteiger partial charge in [-0.15, -0.1) is 0 Å². The first-order chi connectivity index (χ1) is 14.1. The highest BCUT2D eigenvalue weighted by atomic mass is 15.0. The number of benzene rings is 3. The molecule has 0 unspecified atom stereocenters. The molecule has 0 saturated carbocycles. The summed E-state index contributed by atoms with van der Waals surface area (Å²) in [6.45, 7) is 16.3. The van der Waals surface area contributed by atoms with E-state index in [1.54, 1.807) is 0 Å². The normalized spacial score (nSPS) is 11.7. The molecule has 4 aromatic rings. The summed E-state index contributed by atoms with van der Waals surface area (Å²) in [4.78, 5) is 0. The van der Waals surface area contributed by atoms with Gasteiger partial charge in [0.15, 0.2) is 0 Å². The summed E-state index contributed by atoms with van der Waals surface area (Å²) < 4.78 is 2.27. The van der Waals surface area contributed by atoms with Crippen LogP contribution in [0.3, 0.4) is 0 Å². The Labute approximate surface area is 172 Å². The molecule has 0 radical (unpaired) electrons. The molecule has 0 aliphatic carbocycles. The molecule has 1 heterocycles. The van der Waals surface area contributed by atoms with Gasteiger partial charge in [0.05, 0.1) is 11.0 Å². The van der Waals surface area contributed by atoms with E-state index in [1.807, 2.05) is 24.3 Å². The van der Waals surface area contributed by atoms with Crippen molar-refractivity contribution in [3.8, 4) is 11.1 Å². The maximum atomic E-state index is 4.18. The molecule has 4 rings (SSSR count). The third kappa shape index (κ3) is 3.05. The lowest BCUT2D eigenvalue weighted by molar-refractivity contribution is 1.24. The molecule has 0 spiro atoms. The quantitative estimate of drug-likeness (QED) is 0.311. The highest BCUT2D eigenvalue weighted by molar-refractivity contribution is 6.14. The molecule has 1 heteroatoms. The van der Waals surface area contributed by atoms with Crippen LogP contribution in [0.4, 0.5) is 0 Å². The number of rotatable bonds is 5. The molecule has 3 aromatic carbocycles. The average Bonchev–Trinajstić information content (AvgIpc) is 3.07. The summed E-state index contributed by atoms with van der Waals surface area (Å²) in [5.41, 5.74) is 9.31. The largest absolute Gasteiger partial charge is 0.309 e. The second kappa shape index (κ2) is 7.44. The van der Waals surface area contributed by atoms with Gasteiger partial charge in [0.2, 0.25) is 0 Å². The van der Waals surface area contributed by atoms with Gasteiger partial charge in [-0.2, -0.15) is 0 Å². The molecule has 0 atom stereocenters. The van der Waals surface area contributed by atoms with Crippen LogP contribution in [0, 0.1) is 6.92 Å². The standard InChI is InChI=1S/C28H25N/c1-6-11-23(7-2)29-26-16-14-22(21-12-9-8-10-13-21)18-25(26)28-20(5)24(19(3)4)15-17-27(28)29/h6-18H,1-3H2,4-5H3/b23-11+. The van der Waals surface area contributed by atoms with Crippen LogP contribution in [-0.2, 0) is 0 Å². The molecule has 0 saturated heterocycles. The Morgan fingerprint density at radius 2 is 1.62 bits per heavy atom. The first-order valence-electron chi connectivity index (χ1n) is 9.81. The lowest BCUT2D eigenvalue weighted by Gasteiger charge is -2.10. The van der Waals surface area contributed by atoms with Crippen molar-refractivity contribution >= 4 is 33.1 Å². The van der Waals surface area contributed by atoms with Crippen LogP contribution in [0.15, 0.2) is 98.6 Å². The Hall–Kier alpha value is -3.58. The van der Waals surface area contributed by atoms with Gasteiger partial charge in [-0.25, -0.2) is 0 Å². The van der Waals surface area contributed by atoms with Crippen LogP contribution in [0.1, 0.15) is 18.1 Å². The van der Waals surface area contributed by atoms with Crippen LogP contribution in [0.25, 0.3) is 44.2 Å². The fourth-order valence-electron chi connectivity index (χ4n) is 4.19. The molecule has 1 nitrogen and oxygen atoms in total. The van der Waals surface area contributed by atoms with Gasteiger partial charge in [-0.3, -0.25) is 0 Å². The summed E-state index contributed by atoms with van der Waals surface area (Å²) in [5, 5.41) is 2.49. The number of fused-ring (bicyclic) bond motifs is 3. The topological polar surface area (TPSA) is 4.93 Å². The van der Waals surface area contributed by atoms with E-state index < -0.39 is 0 Å². The van der Waals surface area contributed by atoms with Gasteiger partial charge in [0.25, 0.3) is 0 Å². The molecule has 29 heavy (non-hydrogen) atoms. The van der Waals surface area contributed by atoms with Crippen molar-refractivity contribution in [1.82, 2.24) is 4.57 Å². The average molecular weight is 376 g/mol. The van der Waals surface area contributed by atoms with E-state index in [4.69, 9.17) is 0 Å². The Kier molecular flexibility index (Phi) is 4.82. The van der Waals surface area contributed by atoms with Gasteiger partial charge in [0.1, 0.15) is 0 Å². The number of aryl methyl sites for hydroxylation is 1. The van der Waals surface area contributed by atoms with E-state index in [1.165, 1.54) is 38.5 Å². The van der Waals surface area contributed by atoms with E-state index in [9.17, 15) is 0 Å². The number of hydrogen-bond acceptors (Lipinski definition) is 0. The maximum absolute atomic E-state index is 4.18. The molecule has 142 valence electrons. The van der Waals surface area contributed by atoms with Crippen molar-refractivity contribution in [2.24, 2.45) is 0 Å². The lowest BCUT2D eigenvalue weighted by Crippen LogP contribution is -1.95. The minimum absolute atomic E-state index is 1.01. The first-order valence-corrected chi connectivity index (χ1v) is 9.81. The second-order valence-corrected chi connectivity index (χ2v) is 7.38. The van der Waals surface area contributed by atoms with Crippen LogP contribution >= 0.6 is 0 Å². The maximum Gasteiger partial charge on any atom is 0.0544 e. The van der Waals surface area contributed by atoms with Gasteiger partial charge >= 0.3 is 0 Å². The lowest BCUT2D eigenvalue weighted by atomic mass is 9.96. The van der Waals surface area contributed by atoms with E-state index in [2.05, 4.69) is 92.7 Å². The van der Waals surface area contributed by atoms with E-state index in [0.717, 1.165) is 16.8 Å². The minimum atomic E-state index is 1.01. The highest BCUT2D eigenvalue weighted by Gasteiger charge is 2.17. The summed E-state index contributed by atoms with van der Waals surface area (Å²) >= 11 is 0. The fraction of sp³-hybridized carbons (Fsp3) is 0.0714. The number of nitrogens with zero attached hydrogens (tertiary/aromatic N) is 1. The fourth-order valence-corrected chi connectivity index (χ4v) is 4.19. The second-order valence-electron chi connectivity index (χ2n) is 7.38. The SMILES string of the molecule is C=C/C=C(\C=C)n1c2ccc(-c3ccccc3)cc2c2c(C)c(C(=C)C)ccc21. The summed E-state index contributed by atoms with van der Waals surface area (Å²) in [7, 11) is 0. The van der Waals surface area contributed by atoms with Gasteiger partial charge in [-0.1, -0.05) is 73.9 Å². The van der Waals surface area contributed by atoms with Crippen molar-refractivity contribution in [3.05, 3.63) is 110 Å². The zero-order valence-electron chi connectivity index (χ0n) is 17.1. The van der Waals surface area contributed by atoms with Crippen LogP contribution in [-0.4, -0.2) is 4.57 Å². The highest BCUT2D eigenvalue weighted by Crippen LogP contribution is 2.38. The Bertz CT molecular complexity index is 1300. The summed E-state index contributed by atoms with van der Waals surface area (Å²) in [6.07, 6.45) is 5.69. The zero-order valence-corrected chi connectivity index (χ0v) is 17.1. The Morgan fingerprint density at radius 3 is 2.28 bits per heavy atom. The Morgan fingerprint density at radius 1 is 0.897 bits per heavy atom. The molecule has 0 N–H and O–H groups in total. The molecule has 0 bridgehead atoms. The summed E-state index contributed by atoms with van der Waals surface area (Å²) in [6, 6.07) is 21.6. The molecule has 1 aromatic heterocycles. The third-order valence-corrected chi connectivity index (χ3v) is 5.51. The van der Waals surface area contributed by atoms with Crippen molar-refractivity contribution in [2.75, 3.05) is 0 Å². The predicted molar refractivity (Wildman–Crippen MR) is 129 cm³/mol. The van der Waals surface area contributed by atoms with Crippen molar-refractivity contribution < 1.29 is 0 Å². The van der Waals surface area contributed by atoms with Crippen LogP contribution in [0.2, 0.25) is 0 Å². The summed E-state index contributed by atoms with van der Waals surface area (Å²) in [5.74, 6) is 0. The smallest absolute Gasteiger partial charge is 0.0544 e. The molecule has 0 aliphatic heterocycles. The number of aromatic nitrogens is 1. The van der Waals surface area contributed by atoms with E-state index >= 15 is 0 Å². The van der Waals surface area contributed by atoms with Crippen molar-refractivity contribution in [1.29, 1.82) is 0 Å². The van der Waals surface area contributed by atoms with Gasteiger partial charge in [0, 0.05) is 16.5 Å². The van der Waals surface area contributed by atoms with E-state index in [-0.39, 0.29) is 0 Å². The molecular formula is C28H25N.